The Morgan fingerprint density at radius 3 is 2.59 bits per heavy atom. The van der Waals surface area contributed by atoms with Crippen molar-refractivity contribution in [3.05, 3.63) is 47.4 Å². The molecule has 0 saturated carbocycles. The van der Waals surface area contributed by atoms with Crippen LogP contribution < -0.4 is 5.32 Å². The van der Waals surface area contributed by atoms with Crippen LogP contribution in [0.2, 0.25) is 0 Å². The van der Waals surface area contributed by atoms with Crippen molar-refractivity contribution < 1.29 is 32.1 Å². The largest absolute Gasteiger partial charge is 0.476 e. The number of carbonyl (C=O) groups is 3. The summed E-state index contributed by atoms with van der Waals surface area (Å²) in [4.78, 5) is 37.1. The first-order chi connectivity index (χ1) is 12.7. The summed E-state index contributed by atoms with van der Waals surface area (Å²) in [6.07, 6.45) is 0.882. The van der Waals surface area contributed by atoms with Crippen LogP contribution in [0.4, 0.5) is 0 Å². The third-order valence-electron chi connectivity index (χ3n) is 3.91. The highest BCUT2D eigenvalue weighted by Crippen LogP contribution is 2.40. The summed E-state index contributed by atoms with van der Waals surface area (Å²) >= 11 is 1.12. The van der Waals surface area contributed by atoms with Crippen LogP contribution in [0.3, 0.4) is 0 Å². The SMILES string of the molecule is CS(=O)(=O)OC1=C(C(=O)O)N2C(=O)C(NC(=O)Cc3ccccc3)[C@H]2SC1. The van der Waals surface area contributed by atoms with Gasteiger partial charge >= 0.3 is 16.1 Å². The van der Waals surface area contributed by atoms with E-state index in [1.54, 1.807) is 24.3 Å². The number of carboxylic acids is 1. The van der Waals surface area contributed by atoms with Gasteiger partial charge in [-0.25, -0.2) is 4.79 Å². The van der Waals surface area contributed by atoms with E-state index < -0.39 is 39.1 Å². The quantitative estimate of drug-likeness (QED) is 0.489. The van der Waals surface area contributed by atoms with Crippen molar-refractivity contribution in [2.24, 2.45) is 0 Å². The second-order valence-corrected chi connectivity index (χ2v) is 8.66. The minimum atomic E-state index is -3.93. The van der Waals surface area contributed by atoms with Gasteiger partial charge in [-0.3, -0.25) is 14.5 Å². The van der Waals surface area contributed by atoms with Gasteiger partial charge in [0.15, 0.2) is 11.5 Å². The van der Waals surface area contributed by atoms with Crippen molar-refractivity contribution in [3.63, 3.8) is 0 Å². The molecule has 0 radical (unpaired) electrons. The first kappa shape index (κ1) is 19.2. The number of thioether (sulfide) groups is 1. The normalized spacial score (nSPS) is 22.0. The van der Waals surface area contributed by atoms with E-state index in [-0.39, 0.29) is 23.8 Å². The van der Waals surface area contributed by atoms with Crippen LogP contribution in [0, 0.1) is 0 Å². The molecule has 0 aliphatic carbocycles. The zero-order valence-electron chi connectivity index (χ0n) is 14.1. The van der Waals surface area contributed by atoms with Gasteiger partial charge in [-0.1, -0.05) is 30.3 Å². The highest BCUT2D eigenvalue weighted by atomic mass is 32.2. The molecular formula is C16H16N2O7S2. The molecule has 2 aliphatic heterocycles. The number of aliphatic carboxylic acids is 1. The average Bonchev–Trinajstić information content (AvgIpc) is 2.58. The summed E-state index contributed by atoms with van der Waals surface area (Å²) in [6.45, 7) is 0. The minimum absolute atomic E-state index is 0.0474. The number of β-lactam (4-membered cyclic amide) rings is 1. The molecule has 11 heteroatoms. The average molecular weight is 412 g/mol. The third kappa shape index (κ3) is 4.08. The van der Waals surface area contributed by atoms with Gasteiger partial charge in [0.2, 0.25) is 5.91 Å². The Bertz CT molecular complexity index is 927. The van der Waals surface area contributed by atoms with E-state index in [4.69, 9.17) is 4.18 Å². The van der Waals surface area contributed by atoms with E-state index in [1.165, 1.54) is 0 Å². The predicted molar refractivity (Wildman–Crippen MR) is 95.8 cm³/mol. The van der Waals surface area contributed by atoms with Crippen molar-refractivity contribution in [3.8, 4) is 0 Å². The van der Waals surface area contributed by atoms with Crippen molar-refractivity contribution >= 4 is 39.7 Å². The third-order valence-corrected chi connectivity index (χ3v) is 5.67. The Balaban J connectivity index is 1.73. The number of carbonyl (C=O) groups excluding carboxylic acids is 2. The lowest BCUT2D eigenvalue weighted by atomic mass is 10.0. The Kier molecular flexibility index (Phi) is 5.16. The number of fused-ring (bicyclic) bond motifs is 1. The number of benzene rings is 1. The maximum Gasteiger partial charge on any atom is 0.356 e. The molecule has 1 saturated heterocycles. The van der Waals surface area contributed by atoms with E-state index in [2.05, 4.69) is 5.32 Å². The van der Waals surface area contributed by atoms with E-state index in [9.17, 15) is 27.9 Å². The molecule has 1 aromatic rings. The van der Waals surface area contributed by atoms with E-state index in [0.717, 1.165) is 28.5 Å². The van der Waals surface area contributed by atoms with Crippen molar-refractivity contribution in [2.75, 3.05) is 12.0 Å². The van der Waals surface area contributed by atoms with Crippen LogP contribution in [0.1, 0.15) is 5.56 Å². The maximum atomic E-state index is 12.4. The first-order valence-corrected chi connectivity index (χ1v) is 10.7. The monoisotopic (exact) mass is 412 g/mol. The fraction of sp³-hybridized carbons (Fsp3) is 0.312. The molecule has 2 heterocycles. The van der Waals surface area contributed by atoms with Gasteiger partial charge in [0, 0.05) is 0 Å². The topological polar surface area (TPSA) is 130 Å². The molecule has 3 rings (SSSR count). The number of hydrogen-bond acceptors (Lipinski definition) is 7. The molecule has 0 aromatic heterocycles. The molecular weight excluding hydrogens is 396 g/mol. The number of hydrogen-bond donors (Lipinski definition) is 2. The fourth-order valence-electron chi connectivity index (χ4n) is 2.84. The van der Waals surface area contributed by atoms with Crippen LogP contribution >= 0.6 is 11.8 Å². The summed E-state index contributed by atoms with van der Waals surface area (Å²) in [5, 5.41) is 11.4. The predicted octanol–water partition coefficient (Wildman–Crippen LogP) is -0.0986. The van der Waals surface area contributed by atoms with E-state index in [1.807, 2.05) is 6.07 Å². The first-order valence-electron chi connectivity index (χ1n) is 7.81. The summed E-state index contributed by atoms with van der Waals surface area (Å²) < 4.78 is 27.4. The molecule has 2 atom stereocenters. The molecule has 27 heavy (non-hydrogen) atoms. The van der Waals surface area contributed by atoms with Crippen molar-refractivity contribution in [2.45, 2.75) is 17.8 Å². The van der Waals surface area contributed by atoms with Crippen molar-refractivity contribution in [1.82, 2.24) is 10.2 Å². The molecule has 0 bridgehead atoms. The zero-order chi connectivity index (χ0) is 19.8. The number of nitrogens with zero attached hydrogens (tertiary/aromatic N) is 1. The Morgan fingerprint density at radius 1 is 1.33 bits per heavy atom. The lowest BCUT2D eigenvalue weighted by molar-refractivity contribution is -0.151. The van der Waals surface area contributed by atoms with Gasteiger partial charge in [-0.15, -0.1) is 11.8 Å². The Morgan fingerprint density at radius 2 is 2.00 bits per heavy atom. The number of nitrogens with one attached hydrogen (secondary N) is 1. The molecule has 2 aliphatic rings. The summed E-state index contributed by atoms with van der Waals surface area (Å²) in [7, 11) is -3.93. The van der Waals surface area contributed by atoms with Gasteiger partial charge in [0.05, 0.1) is 18.4 Å². The van der Waals surface area contributed by atoms with E-state index in [0.29, 0.717) is 0 Å². The van der Waals surface area contributed by atoms with Crippen LogP contribution in [0.15, 0.2) is 41.8 Å². The molecule has 144 valence electrons. The van der Waals surface area contributed by atoms with Crippen LogP contribution in [0.25, 0.3) is 0 Å². The lowest BCUT2D eigenvalue weighted by Gasteiger charge is -2.48. The summed E-state index contributed by atoms with van der Waals surface area (Å²) in [5.41, 5.74) is 0.271. The van der Waals surface area contributed by atoms with E-state index >= 15 is 0 Å². The van der Waals surface area contributed by atoms with Crippen LogP contribution in [-0.4, -0.2) is 59.6 Å². The standard InChI is InChI=1S/C16H16N2O7S2/c1-27(23,24)25-10-8-26-15-12(14(20)18(15)13(10)16(21)22)17-11(19)7-9-5-3-2-4-6-9/h2-6,12,15H,7-8H2,1H3,(H,17,19)(H,21,22)/t12?,15-/m1/s1. The summed E-state index contributed by atoms with van der Waals surface area (Å²) in [5.74, 6) is -2.82. The zero-order valence-corrected chi connectivity index (χ0v) is 15.7. The molecule has 2 N–H and O–H groups in total. The van der Waals surface area contributed by atoms with Crippen molar-refractivity contribution in [1.29, 1.82) is 0 Å². The molecule has 0 spiro atoms. The summed E-state index contributed by atoms with van der Waals surface area (Å²) in [6, 6.07) is 8.10. The Hall–Kier alpha value is -2.53. The van der Waals surface area contributed by atoms with Crippen LogP contribution in [0.5, 0.6) is 0 Å². The number of carboxylic acid groups (broad SMARTS) is 1. The highest BCUT2D eigenvalue weighted by Gasteiger charge is 2.55. The highest BCUT2D eigenvalue weighted by molar-refractivity contribution is 8.00. The smallest absolute Gasteiger partial charge is 0.356 e. The number of amides is 2. The van der Waals surface area contributed by atoms with Gasteiger partial charge in [0.1, 0.15) is 11.4 Å². The minimum Gasteiger partial charge on any atom is -0.476 e. The second kappa shape index (κ2) is 7.24. The maximum absolute atomic E-state index is 12.4. The molecule has 2 amide bonds. The van der Waals surface area contributed by atoms with Gasteiger partial charge in [-0.05, 0) is 5.56 Å². The second-order valence-electron chi connectivity index (χ2n) is 5.98. The number of rotatable bonds is 6. The van der Waals surface area contributed by atoms with Gasteiger partial charge < -0.3 is 14.6 Å². The molecule has 1 fully saturated rings. The molecule has 9 nitrogen and oxygen atoms in total. The fourth-order valence-corrected chi connectivity index (χ4v) is 4.67. The lowest BCUT2D eigenvalue weighted by Crippen LogP contribution is -2.70. The van der Waals surface area contributed by atoms with Gasteiger partial charge in [0.25, 0.3) is 5.91 Å². The van der Waals surface area contributed by atoms with Gasteiger partial charge in [-0.2, -0.15) is 8.42 Å². The molecule has 1 aromatic carbocycles. The molecule has 1 unspecified atom stereocenters. The Labute approximate surface area is 159 Å². The van der Waals surface area contributed by atoms with Crippen LogP contribution in [-0.2, 0) is 35.1 Å².